The Morgan fingerprint density at radius 2 is 1.89 bits per heavy atom. The van der Waals surface area contributed by atoms with Crippen LogP contribution in [0.4, 0.5) is 0 Å². The smallest absolute Gasteiger partial charge is 0.330 e. The van der Waals surface area contributed by atoms with Crippen LogP contribution >= 0.6 is 0 Å². The summed E-state index contributed by atoms with van der Waals surface area (Å²) in [4.78, 5) is 27.7. The van der Waals surface area contributed by atoms with E-state index < -0.39 is 17.9 Å². The Bertz CT molecular complexity index is 793. The van der Waals surface area contributed by atoms with Crippen molar-refractivity contribution in [2.24, 2.45) is 5.41 Å². The van der Waals surface area contributed by atoms with Gasteiger partial charge in [-0.2, -0.15) is 0 Å². The van der Waals surface area contributed by atoms with E-state index in [-0.39, 0.29) is 11.0 Å². The zero-order valence-corrected chi connectivity index (χ0v) is 15.7. The van der Waals surface area contributed by atoms with Gasteiger partial charge in [0.2, 0.25) is 5.88 Å². The lowest BCUT2D eigenvalue weighted by Crippen LogP contribution is -2.39. The summed E-state index contributed by atoms with van der Waals surface area (Å²) in [5, 5.41) is 11.8. The van der Waals surface area contributed by atoms with E-state index in [0.717, 1.165) is 5.56 Å². The van der Waals surface area contributed by atoms with Crippen LogP contribution in [0.5, 0.6) is 5.88 Å². The maximum absolute atomic E-state index is 12.3. The molecule has 1 amide bonds. The van der Waals surface area contributed by atoms with Gasteiger partial charge < -0.3 is 15.2 Å². The molecule has 1 heterocycles. The first-order valence-corrected chi connectivity index (χ1v) is 8.60. The number of hydrogen-bond acceptors (Lipinski definition) is 4. The molecule has 0 radical (unpaired) electrons. The molecule has 6 nitrogen and oxygen atoms in total. The highest BCUT2D eigenvalue weighted by Crippen LogP contribution is 2.15. The zero-order chi connectivity index (χ0) is 19.9. The van der Waals surface area contributed by atoms with E-state index in [0.29, 0.717) is 12.5 Å². The van der Waals surface area contributed by atoms with Crippen molar-refractivity contribution in [1.29, 1.82) is 0 Å². The largest absolute Gasteiger partial charge is 0.479 e. The fraction of sp³-hybridized carbons (Fsp3) is 0.286. The van der Waals surface area contributed by atoms with Gasteiger partial charge in [0.05, 0.1) is 5.56 Å². The number of carboxylic acids is 1. The first kappa shape index (κ1) is 20.2. The van der Waals surface area contributed by atoms with Gasteiger partial charge in [-0.25, -0.2) is 9.78 Å². The minimum atomic E-state index is -1.13. The molecule has 0 fully saturated rings. The van der Waals surface area contributed by atoms with Gasteiger partial charge >= 0.3 is 5.97 Å². The number of allylic oxidation sites excluding steroid dienone is 1. The molecule has 27 heavy (non-hydrogen) atoms. The number of nitrogens with one attached hydrogen (secondary N) is 1. The molecule has 2 aromatic rings. The van der Waals surface area contributed by atoms with Crippen LogP contribution in [0, 0.1) is 5.41 Å². The molecule has 1 aromatic heterocycles. The van der Waals surface area contributed by atoms with E-state index in [9.17, 15) is 14.7 Å². The lowest BCUT2D eigenvalue weighted by atomic mass is 9.95. The van der Waals surface area contributed by atoms with E-state index in [1.165, 1.54) is 12.3 Å². The third-order valence-corrected chi connectivity index (χ3v) is 3.57. The van der Waals surface area contributed by atoms with Gasteiger partial charge in [-0.15, -0.1) is 0 Å². The van der Waals surface area contributed by atoms with Crippen molar-refractivity contribution in [3.63, 3.8) is 0 Å². The zero-order valence-electron chi connectivity index (χ0n) is 15.7. The third-order valence-electron chi connectivity index (χ3n) is 3.57. The summed E-state index contributed by atoms with van der Waals surface area (Å²) < 4.78 is 5.57. The Balaban J connectivity index is 1.97. The fourth-order valence-electron chi connectivity index (χ4n) is 2.13. The summed E-state index contributed by atoms with van der Waals surface area (Å²) in [5.41, 5.74) is 1.09. The minimum absolute atomic E-state index is 0.183. The van der Waals surface area contributed by atoms with Crippen molar-refractivity contribution in [3.8, 4) is 5.88 Å². The van der Waals surface area contributed by atoms with Crippen LogP contribution in [0.1, 0.15) is 36.7 Å². The quantitative estimate of drug-likeness (QED) is 0.731. The molecule has 2 N–H and O–H groups in total. The molecule has 0 spiro atoms. The molecule has 0 unspecified atom stereocenters. The van der Waals surface area contributed by atoms with Crippen LogP contribution < -0.4 is 10.1 Å². The Hall–Kier alpha value is -3.15. The minimum Gasteiger partial charge on any atom is -0.479 e. The number of carboxylic acid groups (broad SMARTS) is 1. The molecular formula is C21H24N2O4. The molecule has 1 aromatic carbocycles. The van der Waals surface area contributed by atoms with Gasteiger partial charge in [-0.3, -0.25) is 4.79 Å². The second-order valence-corrected chi connectivity index (χ2v) is 7.17. The number of ether oxygens (including phenoxy) is 1. The molecule has 1 atom stereocenters. The predicted octanol–water partition coefficient (Wildman–Crippen LogP) is 3.45. The van der Waals surface area contributed by atoms with Crippen LogP contribution in [-0.2, 0) is 11.4 Å². The molecular weight excluding hydrogens is 344 g/mol. The lowest BCUT2D eigenvalue weighted by Gasteiger charge is -2.15. The Kier molecular flexibility index (Phi) is 6.71. The van der Waals surface area contributed by atoms with Crippen molar-refractivity contribution in [1.82, 2.24) is 10.3 Å². The molecule has 0 aliphatic rings. The maximum Gasteiger partial charge on any atom is 0.330 e. The number of aliphatic carboxylic acids is 1. The van der Waals surface area contributed by atoms with Gasteiger partial charge in [-0.1, -0.05) is 63.3 Å². The number of carbonyl (C=O) groups excluding carboxylic acids is 1. The van der Waals surface area contributed by atoms with Gasteiger partial charge in [-0.05, 0) is 17.0 Å². The molecule has 142 valence electrons. The first-order valence-electron chi connectivity index (χ1n) is 8.60. The second kappa shape index (κ2) is 8.98. The standard InChI is InChI=1S/C21H24N2O4/c1-21(2,3)12-11-17(20(25)26)23-19(24)16-9-10-18(22-13-16)27-14-15-7-5-4-6-8-15/h4-13,17H,14H2,1-3H3,(H,23,24)(H,25,26)/b12-11+/t17-/m1/s1. The van der Waals surface area contributed by atoms with Gasteiger partial charge in [0.25, 0.3) is 5.91 Å². The van der Waals surface area contributed by atoms with Crippen molar-refractivity contribution >= 4 is 11.9 Å². The first-order chi connectivity index (χ1) is 12.7. The summed E-state index contributed by atoms with van der Waals surface area (Å²) in [7, 11) is 0. The van der Waals surface area contributed by atoms with E-state index in [4.69, 9.17) is 4.74 Å². The lowest BCUT2D eigenvalue weighted by molar-refractivity contribution is -0.137. The highest BCUT2D eigenvalue weighted by Gasteiger charge is 2.19. The normalized spacial score (nSPS) is 12.6. The number of rotatable bonds is 7. The number of pyridine rings is 1. The average molecular weight is 368 g/mol. The maximum atomic E-state index is 12.3. The Morgan fingerprint density at radius 3 is 2.44 bits per heavy atom. The summed E-state index contributed by atoms with van der Waals surface area (Å²) in [5.74, 6) is -1.25. The highest BCUT2D eigenvalue weighted by atomic mass is 16.5. The summed E-state index contributed by atoms with van der Waals surface area (Å²) >= 11 is 0. The van der Waals surface area contributed by atoms with E-state index >= 15 is 0 Å². The van der Waals surface area contributed by atoms with Crippen LogP contribution in [0.25, 0.3) is 0 Å². The molecule has 0 aliphatic heterocycles. The van der Waals surface area contributed by atoms with Gasteiger partial charge in [0.1, 0.15) is 12.6 Å². The molecule has 0 saturated heterocycles. The fourth-order valence-corrected chi connectivity index (χ4v) is 2.13. The third kappa shape index (κ3) is 6.93. The van der Waals surface area contributed by atoms with Crippen LogP contribution in [0.3, 0.4) is 0 Å². The number of aromatic nitrogens is 1. The molecule has 6 heteroatoms. The molecule has 2 rings (SSSR count). The van der Waals surface area contributed by atoms with E-state index in [1.54, 1.807) is 18.2 Å². The number of nitrogens with zero attached hydrogens (tertiary/aromatic N) is 1. The average Bonchev–Trinajstić information content (AvgIpc) is 2.63. The Labute approximate surface area is 158 Å². The van der Waals surface area contributed by atoms with E-state index in [1.807, 2.05) is 51.1 Å². The number of carbonyl (C=O) groups is 2. The summed E-state index contributed by atoms with van der Waals surface area (Å²) in [6.07, 6.45) is 4.60. The number of benzene rings is 1. The van der Waals surface area contributed by atoms with E-state index in [2.05, 4.69) is 10.3 Å². The highest BCUT2D eigenvalue weighted by molar-refractivity contribution is 5.96. The van der Waals surface area contributed by atoms with Crippen LogP contribution in [0.2, 0.25) is 0 Å². The van der Waals surface area contributed by atoms with Gasteiger partial charge in [0, 0.05) is 12.3 Å². The van der Waals surface area contributed by atoms with Crippen molar-refractivity contribution in [2.45, 2.75) is 33.4 Å². The SMILES string of the molecule is CC(C)(C)/C=C/[C@@H](NC(=O)c1ccc(OCc2ccccc2)nc1)C(=O)O. The Morgan fingerprint density at radius 1 is 1.19 bits per heavy atom. The van der Waals surface area contributed by atoms with Crippen LogP contribution in [0.15, 0.2) is 60.8 Å². The predicted molar refractivity (Wildman–Crippen MR) is 102 cm³/mol. The summed E-state index contributed by atoms with van der Waals surface area (Å²) in [6.45, 7) is 6.21. The molecule has 0 aliphatic carbocycles. The van der Waals surface area contributed by atoms with Crippen molar-refractivity contribution < 1.29 is 19.4 Å². The number of amides is 1. The topological polar surface area (TPSA) is 88.5 Å². The second-order valence-electron chi connectivity index (χ2n) is 7.17. The monoisotopic (exact) mass is 368 g/mol. The van der Waals surface area contributed by atoms with Gasteiger partial charge in [0.15, 0.2) is 0 Å². The molecule has 0 bridgehead atoms. The van der Waals surface area contributed by atoms with Crippen molar-refractivity contribution in [3.05, 3.63) is 71.9 Å². The number of hydrogen-bond donors (Lipinski definition) is 2. The van der Waals surface area contributed by atoms with Crippen molar-refractivity contribution in [2.75, 3.05) is 0 Å². The van der Waals surface area contributed by atoms with Crippen LogP contribution in [-0.4, -0.2) is 28.0 Å². The summed E-state index contributed by atoms with van der Waals surface area (Å²) in [6, 6.07) is 11.7. The molecule has 0 saturated carbocycles.